The molecule has 26 heavy (non-hydrogen) atoms. The van der Waals surface area contributed by atoms with Crippen LogP contribution >= 0.6 is 15.9 Å². The molecule has 0 fully saturated rings. The highest BCUT2D eigenvalue weighted by molar-refractivity contribution is 9.12. The quantitative estimate of drug-likeness (QED) is 0.492. The first kappa shape index (κ1) is 17.9. The van der Waals surface area contributed by atoms with Gasteiger partial charge in [-0.2, -0.15) is 10.1 Å². The summed E-state index contributed by atoms with van der Waals surface area (Å²) in [4.78, 5) is 30.5. The Hall–Kier alpha value is -2.94. The largest absolute Gasteiger partial charge is 0.329 e. The van der Waals surface area contributed by atoms with Gasteiger partial charge in [-0.25, -0.2) is 10.2 Å². The minimum Gasteiger partial charge on any atom is -0.303 e. The molecule has 2 aromatic heterocycles. The zero-order valence-electron chi connectivity index (χ0n) is 14.2. The maximum absolute atomic E-state index is 12.1. The van der Waals surface area contributed by atoms with Crippen molar-refractivity contribution in [1.82, 2.24) is 19.1 Å². The molecule has 8 nitrogen and oxygen atoms in total. The molecule has 2 N–H and O–H groups in total. The molecule has 0 aliphatic rings. The van der Waals surface area contributed by atoms with Gasteiger partial charge >= 0.3 is 5.69 Å². The number of nitrogens with zero attached hydrogens (tertiary/aromatic N) is 4. The van der Waals surface area contributed by atoms with E-state index in [1.807, 2.05) is 43.3 Å². The van der Waals surface area contributed by atoms with E-state index in [1.165, 1.54) is 4.57 Å². The molecular formula is C17H17BrN6O2. The average Bonchev–Trinajstić information content (AvgIpc) is 3.00. The lowest BCUT2D eigenvalue weighted by Crippen LogP contribution is -2.29. The Bertz CT molecular complexity index is 1110. The summed E-state index contributed by atoms with van der Waals surface area (Å²) in [5.74, 6) is 0.380. The van der Waals surface area contributed by atoms with Gasteiger partial charge in [0.1, 0.15) is 0 Å². The van der Waals surface area contributed by atoms with E-state index in [4.69, 9.17) is 0 Å². The van der Waals surface area contributed by atoms with Crippen LogP contribution in [0.4, 0.5) is 5.95 Å². The lowest BCUT2D eigenvalue weighted by Gasteiger charge is -2.03. The van der Waals surface area contributed by atoms with Crippen molar-refractivity contribution in [3.8, 4) is 0 Å². The number of hydrazone groups is 1. The third-order valence-corrected chi connectivity index (χ3v) is 4.21. The lowest BCUT2D eigenvalue weighted by molar-refractivity contribution is 0.781. The SMILES string of the molecule is CCn1c(N/N=C\C(Br)=C\c2ccccc2)nc2c1c(=O)[nH]c(=O)n2C. The zero-order chi connectivity index (χ0) is 18.7. The number of hydrogen-bond donors (Lipinski definition) is 2. The first-order valence-corrected chi connectivity index (χ1v) is 8.71. The second kappa shape index (κ2) is 7.52. The molecule has 0 saturated heterocycles. The van der Waals surface area contributed by atoms with E-state index in [0.717, 1.165) is 10.0 Å². The Kier molecular flexibility index (Phi) is 5.17. The molecule has 9 heteroatoms. The molecule has 0 aliphatic heterocycles. The van der Waals surface area contributed by atoms with E-state index in [9.17, 15) is 9.59 Å². The molecule has 3 rings (SSSR count). The topological polar surface area (TPSA) is 97.1 Å². The Morgan fingerprint density at radius 1 is 1.35 bits per heavy atom. The number of hydrogen-bond acceptors (Lipinski definition) is 5. The van der Waals surface area contributed by atoms with Gasteiger partial charge in [-0.15, -0.1) is 0 Å². The van der Waals surface area contributed by atoms with Crippen LogP contribution in [0.15, 0.2) is 49.5 Å². The lowest BCUT2D eigenvalue weighted by atomic mass is 10.2. The fourth-order valence-electron chi connectivity index (χ4n) is 2.53. The van der Waals surface area contributed by atoms with Crippen LogP contribution in [0.25, 0.3) is 17.2 Å². The van der Waals surface area contributed by atoms with Gasteiger partial charge in [0.05, 0.1) is 6.21 Å². The molecule has 0 atom stereocenters. The molecule has 0 aliphatic carbocycles. The Labute approximate surface area is 157 Å². The van der Waals surface area contributed by atoms with Crippen molar-refractivity contribution in [3.63, 3.8) is 0 Å². The van der Waals surface area contributed by atoms with Crippen LogP contribution in [0.5, 0.6) is 0 Å². The summed E-state index contributed by atoms with van der Waals surface area (Å²) in [5, 5.41) is 4.15. The van der Waals surface area contributed by atoms with Gasteiger partial charge in [0.25, 0.3) is 5.56 Å². The number of aryl methyl sites for hydroxylation is 2. The Morgan fingerprint density at radius 2 is 2.08 bits per heavy atom. The van der Waals surface area contributed by atoms with E-state index in [-0.39, 0.29) is 0 Å². The van der Waals surface area contributed by atoms with E-state index in [0.29, 0.717) is 23.7 Å². The zero-order valence-corrected chi connectivity index (χ0v) is 15.8. The monoisotopic (exact) mass is 416 g/mol. The smallest absolute Gasteiger partial charge is 0.303 e. The van der Waals surface area contributed by atoms with E-state index >= 15 is 0 Å². The molecule has 0 spiro atoms. The molecule has 0 radical (unpaired) electrons. The van der Waals surface area contributed by atoms with Gasteiger partial charge in [-0.1, -0.05) is 30.3 Å². The van der Waals surface area contributed by atoms with E-state index in [1.54, 1.807) is 17.8 Å². The van der Waals surface area contributed by atoms with Gasteiger partial charge in [-0.3, -0.25) is 14.3 Å². The highest BCUT2D eigenvalue weighted by Gasteiger charge is 2.15. The summed E-state index contributed by atoms with van der Waals surface area (Å²) < 4.78 is 3.73. The van der Waals surface area contributed by atoms with Gasteiger partial charge in [0.2, 0.25) is 5.95 Å². The summed E-state index contributed by atoms with van der Waals surface area (Å²) in [6.45, 7) is 2.38. The van der Waals surface area contributed by atoms with Crippen LogP contribution in [-0.4, -0.2) is 25.3 Å². The average molecular weight is 417 g/mol. The Balaban J connectivity index is 1.91. The summed E-state index contributed by atoms with van der Waals surface area (Å²) >= 11 is 3.44. The molecular weight excluding hydrogens is 400 g/mol. The van der Waals surface area contributed by atoms with Gasteiger partial charge in [0, 0.05) is 18.1 Å². The van der Waals surface area contributed by atoms with Crippen LogP contribution < -0.4 is 16.7 Å². The number of aromatic amines is 1. The fraction of sp³-hybridized carbons (Fsp3) is 0.176. The molecule has 0 bridgehead atoms. The van der Waals surface area contributed by atoms with Crippen LogP contribution in [0.1, 0.15) is 12.5 Å². The number of fused-ring (bicyclic) bond motifs is 1. The van der Waals surface area contributed by atoms with E-state index < -0.39 is 11.2 Å². The summed E-state index contributed by atoms with van der Waals surface area (Å²) in [6.07, 6.45) is 3.51. The number of anilines is 1. The van der Waals surface area contributed by atoms with Crippen LogP contribution in [0.2, 0.25) is 0 Å². The number of rotatable bonds is 5. The Morgan fingerprint density at radius 3 is 2.77 bits per heavy atom. The minimum atomic E-state index is -0.508. The number of halogens is 1. The number of allylic oxidation sites excluding steroid dienone is 1. The maximum atomic E-state index is 12.1. The van der Waals surface area contributed by atoms with Crippen LogP contribution in [-0.2, 0) is 13.6 Å². The van der Waals surface area contributed by atoms with Crippen LogP contribution in [0.3, 0.4) is 0 Å². The summed E-state index contributed by atoms with van der Waals surface area (Å²) in [5.41, 5.74) is 3.51. The molecule has 0 unspecified atom stereocenters. The van der Waals surface area contributed by atoms with Gasteiger partial charge in [0.15, 0.2) is 11.2 Å². The predicted molar refractivity (Wildman–Crippen MR) is 107 cm³/mol. The molecule has 3 aromatic rings. The number of benzene rings is 1. The summed E-state index contributed by atoms with van der Waals surface area (Å²) in [7, 11) is 1.56. The third-order valence-electron chi connectivity index (χ3n) is 3.78. The minimum absolute atomic E-state index is 0.303. The van der Waals surface area contributed by atoms with Crippen molar-refractivity contribution >= 4 is 45.3 Å². The van der Waals surface area contributed by atoms with Gasteiger partial charge < -0.3 is 4.57 Å². The third kappa shape index (κ3) is 3.52. The van der Waals surface area contributed by atoms with Crippen LogP contribution in [0, 0.1) is 0 Å². The van der Waals surface area contributed by atoms with Crippen molar-refractivity contribution < 1.29 is 0 Å². The van der Waals surface area contributed by atoms with Crippen molar-refractivity contribution in [3.05, 3.63) is 61.2 Å². The second-order valence-electron chi connectivity index (χ2n) is 5.48. The molecule has 2 heterocycles. The van der Waals surface area contributed by atoms with Crippen molar-refractivity contribution in [2.24, 2.45) is 12.1 Å². The second-order valence-corrected chi connectivity index (χ2v) is 6.40. The first-order valence-electron chi connectivity index (χ1n) is 7.92. The van der Waals surface area contributed by atoms with Gasteiger partial charge in [-0.05, 0) is 34.5 Å². The van der Waals surface area contributed by atoms with Crippen molar-refractivity contribution in [2.75, 3.05) is 5.43 Å². The predicted octanol–water partition coefficient (Wildman–Crippen LogP) is 2.28. The fourth-order valence-corrected chi connectivity index (χ4v) is 2.89. The first-order chi connectivity index (χ1) is 12.5. The van der Waals surface area contributed by atoms with Crippen molar-refractivity contribution in [1.29, 1.82) is 0 Å². The standard InChI is InChI=1S/C17H17BrN6O2/c1-3-24-13-14(23(2)17(26)21-15(13)25)20-16(24)22-19-10-12(18)9-11-7-5-4-6-8-11/h4-10H,3H2,1-2H3,(H,20,22)(H,21,25,26)/b12-9-,19-10-. The molecule has 0 amide bonds. The number of imidazole rings is 1. The number of H-pyrrole nitrogens is 1. The number of aromatic nitrogens is 4. The molecule has 134 valence electrons. The maximum Gasteiger partial charge on any atom is 0.329 e. The highest BCUT2D eigenvalue weighted by Crippen LogP contribution is 2.15. The normalized spacial score (nSPS) is 12.2. The summed E-state index contributed by atoms with van der Waals surface area (Å²) in [6, 6.07) is 9.81. The van der Waals surface area contributed by atoms with E-state index in [2.05, 4.69) is 36.4 Å². The van der Waals surface area contributed by atoms with Crippen molar-refractivity contribution in [2.45, 2.75) is 13.5 Å². The molecule has 1 aromatic carbocycles. The number of nitrogens with one attached hydrogen (secondary N) is 2. The highest BCUT2D eigenvalue weighted by atomic mass is 79.9. The molecule has 0 saturated carbocycles.